The van der Waals surface area contributed by atoms with Gasteiger partial charge >= 0.3 is 6.09 Å². The quantitative estimate of drug-likeness (QED) is 0.303. The molecule has 2 aromatic carbocycles. The fourth-order valence-corrected chi connectivity index (χ4v) is 4.18. The highest BCUT2D eigenvalue weighted by atomic mass is 16.6. The normalized spacial score (nSPS) is 13.8. The summed E-state index contributed by atoms with van der Waals surface area (Å²) in [6.45, 7) is 4.86. The van der Waals surface area contributed by atoms with Crippen molar-refractivity contribution >= 4 is 29.0 Å². The fourth-order valence-electron chi connectivity index (χ4n) is 4.18. The van der Waals surface area contributed by atoms with E-state index in [0.29, 0.717) is 58.4 Å². The van der Waals surface area contributed by atoms with E-state index >= 15 is 0 Å². The molecule has 3 N–H and O–H groups in total. The average Bonchev–Trinajstić information content (AvgIpc) is 3.10. The third kappa shape index (κ3) is 7.14. The number of anilines is 1. The van der Waals surface area contributed by atoms with Crippen LogP contribution in [0.5, 0.6) is 23.0 Å². The van der Waals surface area contributed by atoms with Crippen molar-refractivity contribution in [2.45, 2.75) is 39.2 Å². The van der Waals surface area contributed by atoms with Crippen molar-refractivity contribution in [1.29, 1.82) is 0 Å². The molecule has 40 heavy (non-hydrogen) atoms. The molecule has 2 aromatic rings. The predicted molar refractivity (Wildman–Crippen MR) is 148 cm³/mol. The van der Waals surface area contributed by atoms with E-state index in [2.05, 4.69) is 10.5 Å². The molecule has 0 atom stereocenters. The Kier molecular flexibility index (Phi) is 9.83. The molecular weight excluding hydrogens is 522 g/mol. The first kappa shape index (κ1) is 30.1. The van der Waals surface area contributed by atoms with Crippen molar-refractivity contribution < 1.29 is 43.3 Å². The molecule has 2 amide bonds. The number of hydroxylamine groups is 1. The lowest BCUT2D eigenvalue weighted by Crippen LogP contribution is -2.27. The lowest BCUT2D eigenvalue weighted by Gasteiger charge is -2.22. The Bertz CT molecular complexity index is 1310. The summed E-state index contributed by atoms with van der Waals surface area (Å²) in [7, 11) is 6.12. The van der Waals surface area contributed by atoms with E-state index in [0.717, 1.165) is 11.1 Å². The van der Waals surface area contributed by atoms with Gasteiger partial charge in [0.1, 0.15) is 11.4 Å². The summed E-state index contributed by atoms with van der Waals surface area (Å²) in [6.07, 6.45) is 2.10. The zero-order chi connectivity index (χ0) is 29.4. The summed E-state index contributed by atoms with van der Waals surface area (Å²) in [5.41, 5.74) is 4.74. The van der Waals surface area contributed by atoms with Gasteiger partial charge in [-0.25, -0.2) is 10.3 Å². The van der Waals surface area contributed by atoms with Crippen LogP contribution in [0.4, 0.5) is 10.5 Å². The molecule has 216 valence electrons. The number of carbonyl (C=O) groups is 2. The van der Waals surface area contributed by atoms with Crippen molar-refractivity contribution in [1.82, 2.24) is 5.48 Å². The van der Waals surface area contributed by atoms with Gasteiger partial charge in [0, 0.05) is 5.56 Å². The summed E-state index contributed by atoms with van der Waals surface area (Å²) in [4.78, 5) is 29.2. The first-order valence-electron chi connectivity index (χ1n) is 12.4. The number of carbonyl (C=O) groups excluding carboxylic acids is 2. The number of nitrogens with one attached hydrogen (secondary N) is 2. The summed E-state index contributed by atoms with van der Waals surface area (Å²) in [5, 5.41) is 15.6. The van der Waals surface area contributed by atoms with Crippen LogP contribution in [0.25, 0.3) is 5.57 Å². The average molecular weight is 558 g/mol. The van der Waals surface area contributed by atoms with Crippen molar-refractivity contribution in [3.8, 4) is 23.0 Å². The van der Waals surface area contributed by atoms with Crippen molar-refractivity contribution in [3.63, 3.8) is 0 Å². The van der Waals surface area contributed by atoms with Gasteiger partial charge in [0.15, 0.2) is 18.1 Å². The lowest BCUT2D eigenvalue weighted by molar-refractivity contribution is -0.133. The molecule has 3 rings (SSSR count). The summed E-state index contributed by atoms with van der Waals surface area (Å²) in [5.74, 6) is 1.10. The smallest absolute Gasteiger partial charge is 0.412 e. The Balaban J connectivity index is 2.20. The van der Waals surface area contributed by atoms with Gasteiger partial charge in [-0.2, -0.15) is 0 Å². The summed E-state index contributed by atoms with van der Waals surface area (Å²) in [6, 6.07) is 7.16. The van der Waals surface area contributed by atoms with E-state index in [9.17, 15) is 9.59 Å². The number of fused-ring (bicyclic) bond motifs is 1. The Morgan fingerprint density at radius 3 is 2.25 bits per heavy atom. The van der Waals surface area contributed by atoms with Crippen LogP contribution in [0, 0.1) is 0 Å². The number of benzene rings is 2. The monoisotopic (exact) mass is 557 g/mol. The number of amides is 2. The summed E-state index contributed by atoms with van der Waals surface area (Å²) < 4.78 is 27.9. The largest absolute Gasteiger partial charge is 0.495 e. The molecule has 1 aliphatic carbocycles. The van der Waals surface area contributed by atoms with Crippen LogP contribution in [0.2, 0.25) is 0 Å². The molecule has 0 saturated heterocycles. The standard InChI is InChI=1S/C28H35N3O9/c1-28(2,3)40-27(33)29-21-12-16(8-11-22(21)35-4)19-13-17(31-39-15-24(32)30-34)9-10-18-20(19)14-23(36-5)26(38-7)25(18)37-6/h8,11-14,34H,9-10,15H2,1-7H3,(H,29,33)(H,30,32). The van der Waals surface area contributed by atoms with Gasteiger partial charge in [0.05, 0.1) is 39.8 Å². The second kappa shape index (κ2) is 13.1. The Morgan fingerprint density at radius 2 is 1.65 bits per heavy atom. The van der Waals surface area contributed by atoms with E-state index in [1.165, 1.54) is 26.8 Å². The van der Waals surface area contributed by atoms with Crippen molar-refractivity contribution in [3.05, 3.63) is 47.0 Å². The third-order valence-corrected chi connectivity index (χ3v) is 5.81. The number of allylic oxidation sites excluding steroid dienone is 1. The second-order valence-corrected chi connectivity index (χ2v) is 9.66. The molecule has 0 unspecified atom stereocenters. The highest BCUT2D eigenvalue weighted by Gasteiger charge is 2.26. The molecule has 0 spiro atoms. The zero-order valence-electron chi connectivity index (χ0n) is 23.7. The highest BCUT2D eigenvalue weighted by Crippen LogP contribution is 2.47. The molecule has 0 aromatic heterocycles. The van der Waals surface area contributed by atoms with E-state index in [1.54, 1.807) is 40.0 Å². The minimum atomic E-state index is -0.741. The van der Waals surface area contributed by atoms with Crippen LogP contribution in [0.15, 0.2) is 35.5 Å². The van der Waals surface area contributed by atoms with Crippen LogP contribution in [0.3, 0.4) is 0 Å². The van der Waals surface area contributed by atoms with Gasteiger partial charge in [-0.1, -0.05) is 11.2 Å². The predicted octanol–water partition coefficient (Wildman–Crippen LogP) is 4.32. The van der Waals surface area contributed by atoms with E-state index in [-0.39, 0.29) is 0 Å². The SMILES string of the molecule is COc1ccc(C2=CC(=NOCC(=O)NO)CCc3c2cc(OC)c(OC)c3OC)cc1NC(=O)OC(C)(C)C. The van der Waals surface area contributed by atoms with Gasteiger partial charge < -0.3 is 28.5 Å². The van der Waals surface area contributed by atoms with Gasteiger partial charge in [0.25, 0.3) is 5.91 Å². The maximum Gasteiger partial charge on any atom is 0.412 e. The van der Waals surface area contributed by atoms with Crippen LogP contribution in [0.1, 0.15) is 43.9 Å². The zero-order valence-corrected chi connectivity index (χ0v) is 23.7. The Hall–Kier alpha value is -4.45. The third-order valence-electron chi connectivity index (χ3n) is 5.81. The number of hydrogen-bond acceptors (Lipinski definition) is 10. The Labute approximate surface area is 232 Å². The topological polar surface area (TPSA) is 146 Å². The Morgan fingerprint density at radius 1 is 0.950 bits per heavy atom. The number of nitrogens with zero attached hydrogens (tertiary/aromatic N) is 1. The van der Waals surface area contributed by atoms with Gasteiger partial charge in [-0.3, -0.25) is 15.3 Å². The van der Waals surface area contributed by atoms with Crippen LogP contribution in [-0.2, 0) is 20.8 Å². The molecule has 0 aliphatic heterocycles. The molecule has 12 nitrogen and oxygen atoms in total. The fraction of sp³-hybridized carbons (Fsp3) is 0.393. The van der Waals surface area contributed by atoms with Gasteiger partial charge in [-0.05, 0) is 74.6 Å². The molecule has 0 radical (unpaired) electrons. The van der Waals surface area contributed by atoms with E-state index in [4.69, 9.17) is 33.7 Å². The minimum Gasteiger partial charge on any atom is -0.495 e. The number of oxime groups is 1. The van der Waals surface area contributed by atoms with E-state index < -0.39 is 24.2 Å². The number of methoxy groups -OCH3 is 4. The summed E-state index contributed by atoms with van der Waals surface area (Å²) >= 11 is 0. The first-order valence-corrected chi connectivity index (χ1v) is 12.4. The second-order valence-electron chi connectivity index (χ2n) is 9.66. The molecule has 12 heteroatoms. The number of hydrogen-bond donors (Lipinski definition) is 3. The number of ether oxygens (including phenoxy) is 5. The van der Waals surface area contributed by atoms with Crippen LogP contribution < -0.4 is 29.7 Å². The van der Waals surface area contributed by atoms with E-state index in [1.807, 2.05) is 18.2 Å². The molecule has 0 saturated carbocycles. The maximum absolute atomic E-state index is 12.6. The molecule has 0 heterocycles. The van der Waals surface area contributed by atoms with Gasteiger partial charge in [-0.15, -0.1) is 0 Å². The molecule has 0 fully saturated rings. The molecule has 0 bridgehead atoms. The highest BCUT2D eigenvalue weighted by molar-refractivity contribution is 6.06. The lowest BCUT2D eigenvalue weighted by atomic mass is 9.92. The first-order chi connectivity index (χ1) is 19.0. The van der Waals surface area contributed by atoms with Crippen molar-refractivity contribution in [2.75, 3.05) is 40.4 Å². The number of rotatable bonds is 9. The van der Waals surface area contributed by atoms with Crippen LogP contribution in [-0.4, -0.2) is 63.6 Å². The van der Waals surface area contributed by atoms with Crippen LogP contribution >= 0.6 is 0 Å². The minimum absolute atomic E-state index is 0.391. The molecular formula is C28H35N3O9. The van der Waals surface area contributed by atoms with Crippen molar-refractivity contribution in [2.24, 2.45) is 5.16 Å². The maximum atomic E-state index is 12.6. The van der Waals surface area contributed by atoms with Gasteiger partial charge in [0.2, 0.25) is 5.75 Å². The molecule has 1 aliphatic rings.